The highest BCUT2D eigenvalue weighted by atomic mass is 16.5. The van der Waals surface area contributed by atoms with Gasteiger partial charge < -0.3 is 14.6 Å². The lowest BCUT2D eigenvalue weighted by Gasteiger charge is -2.37. The zero-order valence-corrected chi connectivity index (χ0v) is 10.9. The maximum Gasteiger partial charge on any atom is 0.243 e. The molecule has 1 N–H and O–H groups in total. The Kier molecular flexibility index (Phi) is 3.35. The van der Waals surface area contributed by atoms with Crippen molar-refractivity contribution in [3.05, 3.63) is 11.7 Å². The number of methoxy groups -OCH3 is 1. The van der Waals surface area contributed by atoms with Crippen LogP contribution in [0.5, 0.6) is 0 Å². The maximum absolute atomic E-state index is 5.58. The van der Waals surface area contributed by atoms with E-state index in [0.717, 1.165) is 37.5 Å². The van der Waals surface area contributed by atoms with Gasteiger partial charge in [0.15, 0.2) is 0 Å². The monoisotopic (exact) mass is 251 g/mol. The SMILES string of the molecule is COC1(c2noc(C3CCCCCN3)n2)CCC1. The molecule has 1 aliphatic heterocycles. The third-order valence-corrected chi connectivity index (χ3v) is 4.26. The molecule has 0 bridgehead atoms. The zero-order chi connectivity index (χ0) is 12.4. The van der Waals surface area contributed by atoms with E-state index in [1.165, 1.54) is 25.7 Å². The molecule has 5 heteroatoms. The van der Waals surface area contributed by atoms with Crippen LogP contribution in [0.3, 0.4) is 0 Å². The summed E-state index contributed by atoms with van der Waals surface area (Å²) in [7, 11) is 1.74. The number of hydrogen-bond acceptors (Lipinski definition) is 5. The van der Waals surface area contributed by atoms with Gasteiger partial charge in [0.1, 0.15) is 5.60 Å². The molecule has 0 radical (unpaired) electrons. The van der Waals surface area contributed by atoms with Crippen LogP contribution in [0.4, 0.5) is 0 Å². The fraction of sp³-hybridized carbons (Fsp3) is 0.846. The van der Waals surface area contributed by atoms with Crippen LogP contribution in [-0.2, 0) is 10.3 Å². The summed E-state index contributed by atoms with van der Waals surface area (Å²) < 4.78 is 11.0. The van der Waals surface area contributed by atoms with Gasteiger partial charge in [-0.05, 0) is 38.6 Å². The molecule has 100 valence electrons. The molecule has 5 nitrogen and oxygen atoms in total. The number of rotatable bonds is 3. The van der Waals surface area contributed by atoms with Gasteiger partial charge in [0.25, 0.3) is 0 Å². The van der Waals surface area contributed by atoms with E-state index in [-0.39, 0.29) is 11.6 Å². The van der Waals surface area contributed by atoms with Crippen LogP contribution in [0.15, 0.2) is 4.52 Å². The molecule has 18 heavy (non-hydrogen) atoms. The van der Waals surface area contributed by atoms with Crippen LogP contribution in [0.1, 0.15) is 62.7 Å². The Balaban J connectivity index is 1.76. The Labute approximate surface area is 107 Å². The van der Waals surface area contributed by atoms with Crippen molar-refractivity contribution in [1.29, 1.82) is 0 Å². The van der Waals surface area contributed by atoms with Crippen molar-refractivity contribution < 1.29 is 9.26 Å². The summed E-state index contributed by atoms with van der Waals surface area (Å²) in [5.41, 5.74) is -0.271. The Hall–Kier alpha value is -0.940. The Morgan fingerprint density at radius 1 is 1.28 bits per heavy atom. The van der Waals surface area contributed by atoms with Crippen LogP contribution >= 0.6 is 0 Å². The summed E-state index contributed by atoms with van der Waals surface area (Å²) in [5.74, 6) is 1.47. The fourth-order valence-electron chi connectivity index (χ4n) is 2.82. The lowest BCUT2D eigenvalue weighted by Crippen LogP contribution is -2.37. The third kappa shape index (κ3) is 2.06. The minimum absolute atomic E-state index is 0.225. The van der Waals surface area contributed by atoms with E-state index in [2.05, 4.69) is 15.5 Å². The largest absolute Gasteiger partial charge is 0.370 e. The molecule has 1 saturated carbocycles. The average Bonchev–Trinajstić information content (AvgIpc) is 2.65. The van der Waals surface area contributed by atoms with E-state index in [1.807, 2.05) is 0 Å². The third-order valence-electron chi connectivity index (χ3n) is 4.26. The lowest BCUT2D eigenvalue weighted by atomic mass is 9.79. The van der Waals surface area contributed by atoms with Gasteiger partial charge in [-0.1, -0.05) is 18.0 Å². The second-order valence-corrected chi connectivity index (χ2v) is 5.36. The molecule has 1 atom stereocenters. The quantitative estimate of drug-likeness (QED) is 0.893. The van der Waals surface area contributed by atoms with Gasteiger partial charge in [0.05, 0.1) is 6.04 Å². The number of aromatic nitrogens is 2. The van der Waals surface area contributed by atoms with Crippen molar-refractivity contribution in [3.63, 3.8) is 0 Å². The fourth-order valence-corrected chi connectivity index (χ4v) is 2.82. The molecule has 1 saturated heterocycles. The van der Waals surface area contributed by atoms with E-state index < -0.39 is 0 Å². The molecule has 1 unspecified atom stereocenters. The first-order valence-corrected chi connectivity index (χ1v) is 6.97. The summed E-state index contributed by atoms with van der Waals surface area (Å²) in [6.45, 7) is 1.04. The number of nitrogens with zero attached hydrogens (tertiary/aromatic N) is 2. The van der Waals surface area contributed by atoms with Gasteiger partial charge in [-0.3, -0.25) is 0 Å². The molecule has 2 aliphatic rings. The minimum Gasteiger partial charge on any atom is -0.370 e. The number of ether oxygens (including phenoxy) is 1. The van der Waals surface area contributed by atoms with Gasteiger partial charge in [-0.25, -0.2) is 0 Å². The Morgan fingerprint density at radius 2 is 2.17 bits per heavy atom. The first kappa shape index (κ1) is 12.1. The molecule has 3 rings (SSSR count). The Bertz CT molecular complexity index is 387. The van der Waals surface area contributed by atoms with Crippen molar-refractivity contribution in [2.24, 2.45) is 0 Å². The molecular weight excluding hydrogens is 230 g/mol. The van der Waals surface area contributed by atoms with Crippen molar-refractivity contribution in [2.75, 3.05) is 13.7 Å². The van der Waals surface area contributed by atoms with Crippen LogP contribution in [0, 0.1) is 0 Å². The second-order valence-electron chi connectivity index (χ2n) is 5.36. The molecule has 1 aromatic rings. The number of nitrogens with one attached hydrogen (secondary N) is 1. The van der Waals surface area contributed by atoms with Crippen LogP contribution in [0.2, 0.25) is 0 Å². The summed E-state index contributed by atoms with van der Waals surface area (Å²) in [6.07, 6.45) is 8.01. The topological polar surface area (TPSA) is 60.2 Å². The predicted molar refractivity (Wildman–Crippen MR) is 66.0 cm³/mol. The Morgan fingerprint density at radius 3 is 2.89 bits per heavy atom. The summed E-state index contributed by atoms with van der Waals surface area (Å²) in [6, 6.07) is 0.225. The van der Waals surface area contributed by atoms with Crippen molar-refractivity contribution in [2.45, 2.75) is 56.6 Å². The predicted octanol–water partition coefficient (Wildman–Crippen LogP) is 2.30. The summed E-state index contributed by atoms with van der Waals surface area (Å²) in [5, 5.41) is 7.62. The molecule has 0 amide bonds. The van der Waals surface area contributed by atoms with Crippen LogP contribution in [0.25, 0.3) is 0 Å². The second kappa shape index (κ2) is 4.97. The molecule has 0 spiro atoms. The first-order valence-electron chi connectivity index (χ1n) is 6.97. The first-order chi connectivity index (χ1) is 8.84. The van der Waals surface area contributed by atoms with E-state index in [9.17, 15) is 0 Å². The smallest absolute Gasteiger partial charge is 0.243 e. The van der Waals surface area contributed by atoms with Crippen LogP contribution < -0.4 is 5.32 Å². The van der Waals surface area contributed by atoms with Crippen molar-refractivity contribution >= 4 is 0 Å². The minimum atomic E-state index is -0.271. The molecular formula is C13H21N3O2. The normalized spacial score (nSPS) is 27.5. The standard InChI is InChI=1S/C13H21N3O2/c1-17-13(7-5-8-13)12-15-11(18-16-12)10-6-3-2-4-9-14-10/h10,14H,2-9H2,1H3. The highest BCUT2D eigenvalue weighted by molar-refractivity contribution is 5.07. The molecule has 2 fully saturated rings. The van der Waals surface area contributed by atoms with E-state index in [1.54, 1.807) is 7.11 Å². The molecule has 1 aromatic heterocycles. The van der Waals surface area contributed by atoms with Gasteiger partial charge in [-0.15, -0.1) is 0 Å². The molecule has 1 aliphatic carbocycles. The average molecular weight is 251 g/mol. The van der Waals surface area contributed by atoms with Crippen LogP contribution in [-0.4, -0.2) is 23.8 Å². The highest BCUT2D eigenvalue weighted by Gasteiger charge is 2.43. The zero-order valence-electron chi connectivity index (χ0n) is 10.9. The molecule has 0 aromatic carbocycles. The van der Waals surface area contributed by atoms with Gasteiger partial charge in [0, 0.05) is 7.11 Å². The van der Waals surface area contributed by atoms with Gasteiger partial charge in [0.2, 0.25) is 11.7 Å². The van der Waals surface area contributed by atoms with Gasteiger partial charge >= 0.3 is 0 Å². The lowest BCUT2D eigenvalue weighted by molar-refractivity contribution is -0.0858. The summed E-state index contributed by atoms with van der Waals surface area (Å²) >= 11 is 0. The van der Waals surface area contributed by atoms with E-state index in [0.29, 0.717) is 0 Å². The summed E-state index contributed by atoms with van der Waals surface area (Å²) in [4.78, 5) is 4.58. The maximum atomic E-state index is 5.58. The van der Waals surface area contributed by atoms with Gasteiger partial charge in [-0.2, -0.15) is 4.98 Å². The highest BCUT2D eigenvalue weighted by Crippen LogP contribution is 2.43. The van der Waals surface area contributed by atoms with E-state index >= 15 is 0 Å². The number of hydrogen-bond donors (Lipinski definition) is 1. The van der Waals surface area contributed by atoms with Crippen molar-refractivity contribution in [1.82, 2.24) is 15.5 Å². The molecule has 2 heterocycles. The van der Waals surface area contributed by atoms with E-state index in [4.69, 9.17) is 9.26 Å². The van der Waals surface area contributed by atoms with Crippen molar-refractivity contribution in [3.8, 4) is 0 Å².